The Bertz CT molecular complexity index is 302. The summed E-state index contributed by atoms with van der Waals surface area (Å²) >= 11 is 3.67. The molecule has 1 aliphatic heterocycles. The van der Waals surface area contributed by atoms with Crippen LogP contribution in [0.1, 0.15) is 31.4 Å². The van der Waals surface area contributed by atoms with Gasteiger partial charge >= 0.3 is 0 Å². The second kappa shape index (κ2) is 6.05. The maximum Gasteiger partial charge on any atom is 0.0922 e. The predicted molar refractivity (Wildman–Crippen MR) is 72.2 cm³/mol. The highest BCUT2D eigenvalue weighted by atomic mass is 32.2. The van der Waals surface area contributed by atoms with Crippen molar-refractivity contribution in [1.82, 2.24) is 5.32 Å². The van der Waals surface area contributed by atoms with Crippen LogP contribution in [0.5, 0.6) is 0 Å². The van der Waals surface area contributed by atoms with Crippen LogP contribution in [0.25, 0.3) is 0 Å². The van der Waals surface area contributed by atoms with Crippen molar-refractivity contribution in [1.29, 1.82) is 0 Å². The number of hydrogen-bond donors (Lipinski definition) is 2. The second-order valence-corrected chi connectivity index (χ2v) is 6.57. The molecule has 0 aromatic carbocycles. The molecule has 0 aliphatic carbocycles. The standard InChI is InChI=1S/C12H19NOS2/c1-9-11(3-2-5-16-9)13-7-12(14)10-4-6-15-8-10/h4,6,8-9,11-14H,2-3,5,7H2,1H3. The molecule has 0 radical (unpaired) electrons. The van der Waals surface area contributed by atoms with Crippen LogP contribution >= 0.6 is 23.1 Å². The average Bonchev–Trinajstić information content (AvgIpc) is 2.81. The Labute approximate surface area is 105 Å². The Morgan fingerprint density at radius 3 is 3.19 bits per heavy atom. The van der Waals surface area contributed by atoms with E-state index in [-0.39, 0.29) is 6.10 Å². The van der Waals surface area contributed by atoms with Crippen LogP contribution in [0, 0.1) is 0 Å². The van der Waals surface area contributed by atoms with Gasteiger partial charge in [-0.2, -0.15) is 23.1 Å². The smallest absolute Gasteiger partial charge is 0.0922 e. The predicted octanol–water partition coefficient (Wildman–Crippen LogP) is 2.66. The molecule has 0 bridgehead atoms. The highest BCUT2D eigenvalue weighted by molar-refractivity contribution is 7.99. The van der Waals surface area contributed by atoms with Crippen molar-refractivity contribution < 1.29 is 5.11 Å². The highest BCUT2D eigenvalue weighted by Crippen LogP contribution is 2.25. The maximum absolute atomic E-state index is 9.96. The fourth-order valence-corrected chi connectivity index (χ4v) is 3.91. The minimum Gasteiger partial charge on any atom is -0.387 e. The first-order valence-electron chi connectivity index (χ1n) is 5.82. The molecule has 1 saturated heterocycles. The van der Waals surface area contributed by atoms with E-state index in [1.165, 1.54) is 18.6 Å². The van der Waals surface area contributed by atoms with E-state index in [9.17, 15) is 5.11 Å². The van der Waals surface area contributed by atoms with E-state index in [0.29, 0.717) is 17.8 Å². The zero-order valence-electron chi connectivity index (χ0n) is 9.56. The minimum atomic E-state index is -0.356. The zero-order valence-corrected chi connectivity index (χ0v) is 11.2. The normalized spacial score (nSPS) is 27.9. The molecular formula is C12H19NOS2. The van der Waals surface area contributed by atoms with Gasteiger partial charge in [0.15, 0.2) is 0 Å². The quantitative estimate of drug-likeness (QED) is 0.870. The van der Waals surface area contributed by atoms with Gasteiger partial charge in [0.1, 0.15) is 0 Å². The zero-order chi connectivity index (χ0) is 11.4. The molecule has 3 atom stereocenters. The number of thioether (sulfide) groups is 1. The molecule has 2 N–H and O–H groups in total. The Balaban J connectivity index is 1.78. The molecule has 2 heterocycles. The number of thiophene rings is 1. The van der Waals surface area contributed by atoms with Gasteiger partial charge in [-0.25, -0.2) is 0 Å². The summed E-state index contributed by atoms with van der Waals surface area (Å²) in [6.07, 6.45) is 2.18. The van der Waals surface area contributed by atoms with Gasteiger partial charge in [0.25, 0.3) is 0 Å². The number of rotatable bonds is 4. The first-order chi connectivity index (χ1) is 7.77. The summed E-state index contributed by atoms with van der Waals surface area (Å²) in [6.45, 7) is 2.95. The molecule has 90 valence electrons. The molecule has 2 nitrogen and oxygen atoms in total. The first kappa shape index (κ1) is 12.4. The lowest BCUT2D eigenvalue weighted by atomic mass is 10.1. The van der Waals surface area contributed by atoms with Crippen LogP contribution in [-0.2, 0) is 0 Å². The SMILES string of the molecule is CC1SCCCC1NCC(O)c1ccsc1. The van der Waals surface area contributed by atoms with Gasteiger partial charge in [-0.05, 0) is 41.0 Å². The minimum absolute atomic E-state index is 0.356. The second-order valence-electron chi connectivity index (χ2n) is 4.31. The Kier molecular flexibility index (Phi) is 4.70. The van der Waals surface area contributed by atoms with E-state index in [1.807, 2.05) is 28.6 Å². The van der Waals surface area contributed by atoms with Gasteiger partial charge in [-0.15, -0.1) is 0 Å². The fourth-order valence-electron chi connectivity index (χ4n) is 2.04. The summed E-state index contributed by atoms with van der Waals surface area (Å²) in [4.78, 5) is 0. The Morgan fingerprint density at radius 2 is 2.50 bits per heavy atom. The number of nitrogens with one attached hydrogen (secondary N) is 1. The van der Waals surface area contributed by atoms with E-state index in [2.05, 4.69) is 12.2 Å². The third-order valence-corrected chi connectivity index (χ3v) is 5.19. The molecule has 16 heavy (non-hydrogen) atoms. The number of aliphatic hydroxyl groups excluding tert-OH is 1. The first-order valence-corrected chi connectivity index (χ1v) is 7.81. The fraction of sp³-hybridized carbons (Fsp3) is 0.667. The van der Waals surface area contributed by atoms with E-state index in [0.717, 1.165) is 5.56 Å². The van der Waals surface area contributed by atoms with Crippen LogP contribution in [-0.4, -0.2) is 28.7 Å². The van der Waals surface area contributed by atoms with Crippen molar-refractivity contribution in [2.75, 3.05) is 12.3 Å². The van der Waals surface area contributed by atoms with Gasteiger partial charge in [0, 0.05) is 17.8 Å². The molecule has 1 aliphatic rings. The molecule has 1 fully saturated rings. The van der Waals surface area contributed by atoms with Crippen molar-refractivity contribution in [2.45, 2.75) is 37.2 Å². The molecule has 1 aromatic rings. The third kappa shape index (κ3) is 3.23. The van der Waals surface area contributed by atoms with Gasteiger partial charge < -0.3 is 10.4 Å². The van der Waals surface area contributed by atoms with Crippen molar-refractivity contribution in [3.8, 4) is 0 Å². The van der Waals surface area contributed by atoms with Crippen LogP contribution in [0.4, 0.5) is 0 Å². The largest absolute Gasteiger partial charge is 0.387 e. The number of hydrogen-bond acceptors (Lipinski definition) is 4. The average molecular weight is 257 g/mol. The number of aliphatic hydroxyl groups is 1. The van der Waals surface area contributed by atoms with Crippen LogP contribution < -0.4 is 5.32 Å². The molecule has 0 saturated carbocycles. The summed E-state index contributed by atoms with van der Waals surface area (Å²) in [5.41, 5.74) is 1.04. The van der Waals surface area contributed by atoms with Crippen LogP contribution in [0.15, 0.2) is 16.8 Å². The summed E-state index contributed by atoms with van der Waals surface area (Å²) in [5, 5.41) is 18.2. The van der Waals surface area contributed by atoms with Gasteiger partial charge in [0.2, 0.25) is 0 Å². The molecular weight excluding hydrogens is 238 g/mol. The van der Waals surface area contributed by atoms with Crippen molar-refractivity contribution >= 4 is 23.1 Å². The van der Waals surface area contributed by atoms with Crippen molar-refractivity contribution in [2.24, 2.45) is 0 Å². The molecule has 0 spiro atoms. The lowest BCUT2D eigenvalue weighted by molar-refractivity contribution is 0.169. The van der Waals surface area contributed by atoms with E-state index in [1.54, 1.807) is 11.3 Å². The Hall–Kier alpha value is -0.0300. The topological polar surface area (TPSA) is 32.3 Å². The summed E-state index contributed by atoms with van der Waals surface area (Å²) in [7, 11) is 0. The molecule has 4 heteroatoms. The summed E-state index contributed by atoms with van der Waals surface area (Å²) < 4.78 is 0. The summed E-state index contributed by atoms with van der Waals surface area (Å²) in [5.74, 6) is 1.28. The highest BCUT2D eigenvalue weighted by Gasteiger charge is 2.22. The molecule has 1 aromatic heterocycles. The molecule has 0 amide bonds. The van der Waals surface area contributed by atoms with E-state index >= 15 is 0 Å². The van der Waals surface area contributed by atoms with Crippen LogP contribution in [0.2, 0.25) is 0 Å². The van der Waals surface area contributed by atoms with Gasteiger partial charge in [0.05, 0.1) is 6.10 Å². The lowest BCUT2D eigenvalue weighted by Gasteiger charge is -2.30. The summed E-state index contributed by atoms with van der Waals surface area (Å²) in [6, 6.07) is 2.56. The van der Waals surface area contributed by atoms with Crippen LogP contribution in [0.3, 0.4) is 0 Å². The maximum atomic E-state index is 9.96. The Morgan fingerprint density at radius 1 is 1.62 bits per heavy atom. The third-order valence-electron chi connectivity index (χ3n) is 3.11. The van der Waals surface area contributed by atoms with Gasteiger partial charge in [-0.1, -0.05) is 6.92 Å². The van der Waals surface area contributed by atoms with Gasteiger partial charge in [-0.3, -0.25) is 0 Å². The monoisotopic (exact) mass is 257 g/mol. The van der Waals surface area contributed by atoms with Crippen molar-refractivity contribution in [3.05, 3.63) is 22.4 Å². The lowest BCUT2D eigenvalue weighted by Crippen LogP contribution is -2.41. The molecule has 3 unspecified atom stereocenters. The van der Waals surface area contributed by atoms with Crippen molar-refractivity contribution in [3.63, 3.8) is 0 Å². The van der Waals surface area contributed by atoms with E-state index in [4.69, 9.17) is 0 Å². The molecule has 2 rings (SSSR count). The van der Waals surface area contributed by atoms with E-state index < -0.39 is 0 Å².